The fraction of sp³-hybridized carbons (Fsp3) is 0.462. The Morgan fingerprint density at radius 1 is 1.25 bits per heavy atom. The Bertz CT molecular complexity index is 536. The molecule has 0 radical (unpaired) electrons. The Labute approximate surface area is 119 Å². The number of carbonyl (C=O) groups is 1. The molecule has 0 aliphatic carbocycles. The molecule has 1 aromatic rings. The van der Waals surface area contributed by atoms with Crippen molar-refractivity contribution in [2.24, 2.45) is 0 Å². The van der Waals surface area contributed by atoms with Crippen molar-refractivity contribution in [3.8, 4) is 5.75 Å². The molecule has 0 aliphatic rings. The van der Waals surface area contributed by atoms with Gasteiger partial charge >= 0.3 is 5.97 Å². The number of hydrogen-bond acceptors (Lipinski definition) is 5. The first-order valence-corrected chi connectivity index (χ1v) is 7.66. The molecule has 112 valence electrons. The smallest absolute Gasteiger partial charge is 0.307 e. The monoisotopic (exact) mass is 301 g/mol. The van der Waals surface area contributed by atoms with Crippen LogP contribution >= 0.6 is 0 Å². The third-order valence-corrected chi connectivity index (χ3v) is 3.84. The van der Waals surface area contributed by atoms with Gasteiger partial charge in [0.05, 0.1) is 24.5 Å². The lowest BCUT2D eigenvalue weighted by atomic mass is 10.3. The molecule has 0 bridgehead atoms. The summed E-state index contributed by atoms with van der Waals surface area (Å²) in [5.41, 5.74) is 0. The minimum atomic E-state index is -3.62. The average Bonchev–Trinajstić information content (AvgIpc) is 2.37. The summed E-state index contributed by atoms with van der Waals surface area (Å²) in [5.74, 6) is 0.141. The summed E-state index contributed by atoms with van der Waals surface area (Å²) >= 11 is 0. The van der Waals surface area contributed by atoms with E-state index in [0.29, 0.717) is 5.75 Å². The van der Waals surface area contributed by atoms with Crippen molar-refractivity contribution in [1.82, 2.24) is 4.72 Å². The van der Waals surface area contributed by atoms with Crippen LogP contribution < -0.4 is 9.46 Å². The molecule has 0 saturated carbocycles. The van der Waals surface area contributed by atoms with Crippen LogP contribution in [0.3, 0.4) is 0 Å². The van der Waals surface area contributed by atoms with Crippen molar-refractivity contribution in [2.45, 2.75) is 31.3 Å². The number of rotatable bonds is 7. The highest BCUT2D eigenvalue weighted by Gasteiger charge is 2.14. The second-order valence-electron chi connectivity index (χ2n) is 4.36. The lowest BCUT2D eigenvalue weighted by molar-refractivity contribution is -0.147. The number of sulfonamides is 1. The summed E-state index contributed by atoms with van der Waals surface area (Å²) in [4.78, 5) is 11.4. The fourth-order valence-electron chi connectivity index (χ4n) is 1.45. The first-order chi connectivity index (χ1) is 9.35. The zero-order valence-electron chi connectivity index (χ0n) is 11.8. The highest BCUT2D eigenvalue weighted by atomic mass is 32.2. The second kappa shape index (κ2) is 7.25. The van der Waals surface area contributed by atoms with Crippen LogP contribution in [-0.4, -0.2) is 34.1 Å². The predicted molar refractivity (Wildman–Crippen MR) is 74.0 cm³/mol. The van der Waals surface area contributed by atoms with Gasteiger partial charge in [-0.3, -0.25) is 4.79 Å². The van der Waals surface area contributed by atoms with E-state index in [1.54, 1.807) is 26.0 Å². The lowest BCUT2D eigenvalue weighted by Gasteiger charge is -2.09. The summed E-state index contributed by atoms with van der Waals surface area (Å²) in [7, 11) is -2.12. The molecule has 6 nitrogen and oxygen atoms in total. The van der Waals surface area contributed by atoms with Gasteiger partial charge in [-0.15, -0.1) is 0 Å². The molecule has 7 heteroatoms. The van der Waals surface area contributed by atoms with E-state index in [1.165, 1.54) is 19.2 Å². The predicted octanol–water partition coefficient (Wildman–Crippen LogP) is 1.32. The molecular formula is C13H19NO5S. The molecule has 0 aliphatic heterocycles. The SMILES string of the molecule is COc1ccc(S(=O)(=O)NCCC(=O)OC(C)C)cc1. The standard InChI is InChI=1S/C13H19NO5S/c1-10(2)19-13(15)8-9-14-20(16,17)12-6-4-11(18-3)5-7-12/h4-7,10,14H,8-9H2,1-3H3. The summed E-state index contributed by atoms with van der Waals surface area (Å²) in [6, 6.07) is 5.99. The van der Waals surface area contributed by atoms with Crippen molar-refractivity contribution in [1.29, 1.82) is 0 Å². The van der Waals surface area contributed by atoms with Gasteiger partial charge < -0.3 is 9.47 Å². The molecule has 20 heavy (non-hydrogen) atoms. The van der Waals surface area contributed by atoms with Crippen LogP contribution in [0.4, 0.5) is 0 Å². The number of ether oxygens (including phenoxy) is 2. The van der Waals surface area contributed by atoms with Gasteiger partial charge in [-0.1, -0.05) is 0 Å². The number of methoxy groups -OCH3 is 1. The Morgan fingerprint density at radius 2 is 1.85 bits per heavy atom. The number of hydrogen-bond donors (Lipinski definition) is 1. The highest BCUT2D eigenvalue weighted by molar-refractivity contribution is 7.89. The van der Waals surface area contributed by atoms with Gasteiger partial charge in [-0.25, -0.2) is 13.1 Å². The van der Waals surface area contributed by atoms with E-state index in [2.05, 4.69) is 4.72 Å². The quantitative estimate of drug-likeness (QED) is 0.768. The molecule has 0 atom stereocenters. The van der Waals surface area contributed by atoms with Gasteiger partial charge in [0.2, 0.25) is 10.0 Å². The summed E-state index contributed by atoms with van der Waals surface area (Å²) in [5, 5.41) is 0. The number of nitrogens with one attached hydrogen (secondary N) is 1. The second-order valence-corrected chi connectivity index (χ2v) is 6.13. The Kier molecular flexibility index (Phi) is 5.97. The molecule has 0 saturated heterocycles. The van der Waals surface area contributed by atoms with Gasteiger partial charge in [0, 0.05) is 6.54 Å². The number of esters is 1. The van der Waals surface area contributed by atoms with Gasteiger partial charge in [-0.05, 0) is 38.1 Å². The molecule has 0 amide bonds. The minimum absolute atomic E-state index is 0.0000835. The summed E-state index contributed by atoms with van der Waals surface area (Å²) < 4.78 is 36.1. The van der Waals surface area contributed by atoms with Crippen molar-refractivity contribution < 1.29 is 22.7 Å². The summed E-state index contributed by atoms with van der Waals surface area (Å²) in [6.45, 7) is 3.47. The maximum Gasteiger partial charge on any atom is 0.307 e. The molecule has 0 spiro atoms. The first-order valence-electron chi connectivity index (χ1n) is 6.18. The van der Waals surface area contributed by atoms with Crippen LogP contribution in [0.15, 0.2) is 29.2 Å². The zero-order valence-corrected chi connectivity index (χ0v) is 12.6. The van der Waals surface area contributed by atoms with Crippen LogP contribution in [0.5, 0.6) is 5.75 Å². The summed E-state index contributed by atoms with van der Waals surface area (Å²) in [6.07, 6.45) is -0.214. The maximum atomic E-state index is 11.9. The first kappa shape index (κ1) is 16.5. The van der Waals surface area contributed by atoms with Gasteiger partial charge in [-0.2, -0.15) is 0 Å². The van der Waals surface area contributed by atoms with E-state index in [9.17, 15) is 13.2 Å². The molecule has 0 fully saturated rings. The van der Waals surface area contributed by atoms with E-state index in [4.69, 9.17) is 9.47 Å². The van der Waals surface area contributed by atoms with Crippen molar-refractivity contribution in [3.05, 3.63) is 24.3 Å². The van der Waals surface area contributed by atoms with E-state index in [1.807, 2.05) is 0 Å². The molecule has 1 rings (SSSR count). The normalized spacial score (nSPS) is 11.4. The molecule has 0 unspecified atom stereocenters. The van der Waals surface area contributed by atoms with Gasteiger partial charge in [0.15, 0.2) is 0 Å². The number of carbonyl (C=O) groups excluding carboxylic acids is 1. The van der Waals surface area contributed by atoms with Gasteiger partial charge in [0.1, 0.15) is 5.75 Å². The topological polar surface area (TPSA) is 81.7 Å². The Balaban J connectivity index is 2.55. The third-order valence-electron chi connectivity index (χ3n) is 2.36. The zero-order chi connectivity index (χ0) is 15.2. The van der Waals surface area contributed by atoms with Crippen LogP contribution in [0.1, 0.15) is 20.3 Å². The highest BCUT2D eigenvalue weighted by Crippen LogP contribution is 2.15. The van der Waals surface area contributed by atoms with E-state index in [-0.39, 0.29) is 24.0 Å². The number of benzene rings is 1. The van der Waals surface area contributed by atoms with Crippen molar-refractivity contribution in [2.75, 3.05) is 13.7 Å². The Morgan fingerprint density at radius 3 is 2.35 bits per heavy atom. The molecule has 0 heterocycles. The van der Waals surface area contributed by atoms with Crippen LogP contribution in [0.2, 0.25) is 0 Å². The average molecular weight is 301 g/mol. The third kappa shape index (κ3) is 5.18. The largest absolute Gasteiger partial charge is 0.497 e. The van der Waals surface area contributed by atoms with Gasteiger partial charge in [0.25, 0.3) is 0 Å². The van der Waals surface area contributed by atoms with Crippen LogP contribution in [0, 0.1) is 0 Å². The van der Waals surface area contributed by atoms with Crippen LogP contribution in [-0.2, 0) is 19.6 Å². The van der Waals surface area contributed by atoms with Crippen molar-refractivity contribution >= 4 is 16.0 Å². The molecule has 1 aromatic carbocycles. The molecule has 0 aromatic heterocycles. The molecule has 1 N–H and O–H groups in total. The minimum Gasteiger partial charge on any atom is -0.497 e. The van der Waals surface area contributed by atoms with Crippen LogP contribution in [0.25, 0.3) is 0 Å². The van der Waals surface area contributed by atoms with E-state index >= 15 is 0 Å². The van der Waals surface area contributed by atoms with Crippen molar-refractivity contribution in [3.63, 3.8) is 0 Å². The fourth-order valence-corrected chi connectivity index (χ4v) is 2.48. The molecular weight excluding hydrogens is 282 g/mol. The van der Waals surface area contributed by atoms with E-state index < -0.39 is 16.0 Å². The Hall–Kier alpha value is -1.60. The lowest BCUT2D eigenvalue weighted by Crippen LogP contribution is -2.27. The van der Waals surface area contributed by atoms with E-state index in [0.717, 1.165) is 0 Å². The maximum absolute atomic E-state index is 11.9.